The number of methoxy groups -OCH3 is 1. The minimum Gasteiger partial charge on any atom is -0.372 e. The second kappa shape index (κ2) is 4.72. The number of hydrogen-bond acceptors (Lipinski definition) is 3. The van der Waals surface area contributed by atoms with Crippen molar-refractivity contribution in [1.82, 2.24) is 10.2 Å². The van der Waals surface area contributed by atoms with Gasteiger partial charge >= 0.3 is 0 Å². The van der Waals surface area contributed by atoms with Gasteiger partial charge in [-0.05, 0) is 44.7 Å². The second-order valence-corrected chi connectivity index (χ2v) is 5.14. The minimum absolute atomic E-state index is 0.151. The molecule has 2 saturated heterocycles. The molecule has 2 aliphatic heterocycles. The fraction of sp³-hybridized carbons (Fsp3) is 0.917. The van der Waals surface area contributed by atoms with Crippen molar-refractivity contribution in [3.63, 3.8) is 0 Å². The maximum atomic E-state index is 12.0. The number of rotatable bonds is 2. The van der Waals surface area contributed by atoms with Crippen LogP contribution >= 0.6 is 0 Å². The molecular weight excluding hydrogens is 204 g/mol. The molecule has 1 amide bonds. The lowest BCUT2D eigenvalue weighted by atomic mass is 9.78. The number of piperidine rings is 1. The molecule has 0 aromatic heterocycles. The van der Waals surface area contributed by atoms with Crippen molar-refractivity contribution in [2.45, 2.75) is 32.3 Å². The van der Waals surface area contributed by atoms with Gasteiger partial charge in [-0.3, -0.25) is 4.79 Å². The number of amides is 1. The van der Waals surface area contributed by atoms with E-state index in [1.807, 2.05) is 11.8 Å². The number of carbonyl (C=O) groups excluding carboxylic acids is 1. The van der Waals surface area contributed by atoms with Gasteiger partial charge in [0.15, 0.2) is 0 Å². The van der Waals surface area contributed by atoms with Crippen LogP contribution in [-0.2, 0) is 9.53 Å². The molecule has 2 heterocycles. The van der Waals surface area contributed by atoms with E-state index < -0.39 is 0 Å². The van der Waals surface area contributed by atoms with E-state index >= 15 is 0 Å². The Morgan fingerprint density at radius 2 is 2.06 bits per heavy atom. The first-order chi connectivity index (χ1) is 7.67. The molecule has 2 fully saturated rings. The van der Waals surface area contributed by atoms with Crippen LogP contribution in [0.5, 0.6) is 0 Å². The van der Waals surface area contributed by atoms with E-state index in [1.165, 1.54) is 12.8 Å². The number of ether oxygens (including phenoxy) is 1. The molecule has 1 spiro atoms. The number of carbonyl (C=O) groups is 1. The molecule has 0 bridgehead atoms. The molecule has 1 unspecified atom stereocenters. The second-order valence-electron chi connectivity index (χ2n) is 5.14. The first kappa shape index (κ1) is 11.9. The van der Waals surface area contributed by atoms with Crippen LogP contribution in [0.1, 0.15) is 26.2 Å². The highest BCUT2D eigenvalue weighted by Gasteiger charge is 2.41. The Kier molecular flexibility index (Phi) is 3.50. The Balaban J connectivity index is 1.94. The fourth-order valence-electron chi connectivity index (χ4n) is 2.85. The number of nitrogens with zero attached hydrogens (tertiary/aromatic N) is 1. The molecule has 1 atom stereocenters. The zero-order valence-electron chi connectivity index (χ0n) is 10.3. The number of likely N-dealkylation sites (tertiary alicyclic amines) is 1. The zero-order valence-corrected chi connectivity index (χ0v) is 10.3. The van der Waals surface area contributed by atoms with E-state index in [9.17, 15) is 4.79 Å². The summed E-state index contributed by atoms with van der Waals surface area (Å²) in [7, 11) is 1.60. The number of hydrogen-bond donors (Lipinski definition) is 1. The lowest BCUT2D eigenvalue weighted by Gasteiger charge is -2.33. The van der Waals surface area contributed by atoms with Gasteiger partial charge in [-0.2, -0.15) is 0 Å². The molecular formula is C12H22N2O2. The van der Waals surface area contributed by atoms with Gasteiger partial charge in [-0.1, -0.05) is 0 Å². The molecule has 1 N–H and O–H groups in total. The predicted octanol–water partition coefficient (Wildman–Crippen LogP) is 0.623. The van der Waals surface area contributed by atoms with E-state index in [-0.39, 0.29) is 12.0 Å². The lowest BCUT2D eigenvalue weighted by molar-refractivity contribution is -0.140. The van der Waals surface area contributed by atoms with Crippen molar-refractivity contribution in [3.05, 3.63) is 0 Å². The zero-order chi connectivity index (χ0) is 11.6. The van der Waals surface area contributed by atoms with Crippen LogP contribution < -0.4 is 5.32 Å². The molecule has 0 saturated carbocycles. The standard InChI is InChI=1S/C12H22N2O2/c1-10(16-2)11(15)14-8-5-12(9-14)3-6-13-7-4-12/h10,13H,3-9H2,1-2H3. The summed E-state index contributed by atoms with van der Waals surface area (Å²) in [5.74, 6) is 0.151. The summed E-state index contributed by atoms with van der Waals surface area (Å²) in [4.78, 5) is 14.0. The van der Waals surface area contributed by atoms with E-state index in [0.717, 1.165) is 32.6 Å². The third-order valence-electron chi connectivity index (χ3n) is 4.12. The average Bonchev–Trinajstić information content (AvgIpc) is 2.72. The molecule has 2 rings (SSSR count). The van der Waals surface area contributed by atoms with Gasteiger partial charge in [0.1, 0.15) is 6.10 Å². The maximum absolute atomic E-state index is 12.0. The smallest absolute Gasteiger partial charge is 0.251 e. The summed E-state index contributed by atoms with van der Waals surface area (Å²) in [6.07, 6.45) is 3.28. The Hall–Kier alpha value is -0.610. The van der Waals surface area contributed by atoms with Crippen LogP contribution in [0.2, 0.25) is 0 Å². The molecule has 4 nitrogen and oxygen atoms in total. The van der Waals surface area contributed by atoms with E-state index in [1.54, 1.807) is 7.11 Å². The van der Waals surface area contributed by atoms with Crippen molar-refractivity contribution >= 4 is 5.91 Å². The molecule has 0 radical (unpaired) electrons. The van der Waals surface area contributed by atoms with Gasteiger partial charge < -0.3 is 15.0 Å². The predicted molar refractivity (Wildman–Crippen MR) is 62.2 cm³/mol. The molecule has 2 aliphatic rings. The van der Waals surface area contributed by atoms with Gasteiger partial charge in [0.2, 0.25) is 0 Å². The van der Waals surface area contributed by atoms with Gasteiger partial charge in [0, 0.05) is 20.2 Å². The Morgan fingerprint density at radius 3 is 2.69 bits per heavy atom. The fourth-order valence-corrected chi connectivity index (χ4v) is 2.85. The molecule has 16 heavy (non-hydrogen) atoms. The van der Waals surface area contributed by atoms with Gasteiger partial charge in [0.25, 0.3) is 5.91 Å². The lowest BCUT2D eigenvalue weighted by Crippen LogP contribution is -2.42. The Labute approximate surface area is 97.3 Å². The highest BCUT2D eigenvalue weighted by Crippen LogP contribution is 2.38. The minimum atomic E-state index is -0.295. The average molecular weight is 226 g/mol. The van der Waals surface area contributed by atoms with Crippen LogP contribution in [0.15, 0.2) is 0 Å². The maximum Gasteiger partial charge on any atom is 0.251 e. The van der Waals surface area contributed by atoms with Crippen molar-refractivity contribution in [1.29, 1.82) is 0 Å². The Morgan fingerprint density at radius 1 is 1.38 bits per heavy atom. The monoisotopic (exact) mass is 226 g/mol. The summed E-state index contributed by atoms with van der Waals surface area (Å²) in [5.41, 5.74) is 0.397. The first-order valence-corrected chi connectivity index (χ1v) is 6.19. The SMILES string of the molecule is COC(C)C(=O)N1CCC2(CCNCC2)C1. The Bertz CT molecular complexity index is 262. The van der Waals surface area contributed by atoms with Crippen LogP contribution in [0.3, 0.4) is 0 Å². The quantitative estimate of drug-likeness (QED) is 0.750. The highest BCUT2D eigenvalue weighted by molar-refractivity contribution is 5.80. The summed E-state index contributed by atoms with van der Waals surface area (Å²) in [6.45, 7) is 5.87. The van der Waals surface area contributed by atoms with Crippen LogP contribution in [0.4, 0.5) is 0 Å². The number of nitrogens with one attached hydrogen (secondary N) is 1. The van der Waals surface area contributed by atoms with Gasteiger partial charge in [0.05, 0.1) is 0 Å². The van der Waals surface area contributed by atoms with Crippen molar-refractivity contribution in [3.8, 4) is 0 Å². The van der Waals surface area contributed by atoms with E-state index in [4.69, 9.17) is 4.74 Å². The van der Waals surface area contributed by atoms with Gasteiger partial charge in [-0.15, -0.1) is 0 Å². The summed E-state index contributed by atoms with van der Waals surface area (Å²) >= 11 is 0. The molecule has 0 aromatic carbocycles. The van der Waals surface area contributed by atoms with Crippen LogP contribution in [-0.4, -0.2) is 50.2 Å². The van der Waals surface area contributed by atoms with Crippen LogP contribution in [0.25, 0.3) is 0 Å². The largest absolute Gasteiger partial charge is 0.372 e. The van der Waals surface area contributed by atoms with E-state index in [2.05, 4.69) is 5.32 Å². The van der Waals surface area contributed by atoms with E-state index in [0.29, 0.717) is 5.41 Å². The molecule has 0 aromatic rings. The summed E-state index contributed by atoms with van der Waals surface area (Å²) in [5, 5.41) is 3.39. The highest BCUT2D eigenvalue weighted by atomic mass is 16.5. The van der Waals surface area contributed by atoms with Crippen LogP contribution in [0, 0.1) is 5.41 Å². The summed E-state index contributed by atoms with van der Waals surface area (Å²) < 4.78 is 5.10. The van der Waals surface area contributed by atoms with Gasteiger partial charge in [-0.25, -0.2) is 0 Å². The normalized spacial score (nSPS) is 26.0. The molecule has 92 valence electrons. The van der Waals surface area contributed by atoms with Crippen molar-refractivity contribution in [2.24, 2.45) is 5.41 Å². The third-order valence-corrected chi connectivity index (χ3v) is 4.12. The first-order valence-electron chi connectivity index (χ1n) is 6.19. The topological polar surface area (TPSA) is 41.6 Å². The van der Waals surface area contributed by atoms with Crippen molar-refractivity contribution < 1.29 is 9.53 Å². The van der Waals surface area contributed by atoms with Crippen molar-refractivity contribution in [2.75, 3.05) is 33.3 Å². The summed E-state index contributed by atoms with van der Waals surface area (Å²) in [6, 6.07) is 0. The third kappa shape index (κ3) is 2.23. The molecule has 0 aliphatic carbocycles. The molecule has 4 heteroatoms.